The molecular formula is C14H18ClNO3. The Hall–Kier alpha value is -1.29. The second kappa shape index (κ2) is 6.24. The first-order chi connectivity index (χ1) is 9.08. The van der Waals surface area contributed by atoms with Crippen LogP contribution in [-0.2, 0) is 0 Å². The van der Waals surface area contributed by atoms with Crippen molar-refractivity contribution in [3.05, 3.63) is 22.8 Å². The van der Waals surface area contributed by atoms with Crippen molar-refractivity contribution >= 4 is 17.6 Å². The highest BCUT2D eigenvalue weighted by atomic mass is 35.5. The van der Waals surface area contributed by atoms with E-state index in [-0.39, 0.29) is 16.8 Å². The zero-order valence-electron chi connectivity index (χ0n) is 10.9. The number of nitrogens with zero attached hydrogens (tertiary/aromatic N) is 1. The SMILES string of the molecule is CCC1CCCC(Oc2cc(C(=O)O)cc(Cl)n2)C1. The summed E-state index contributed by atoms with van der Waals surface area (Å²) in [5.41, 5.74) is 0.109. The van der Waals surface area contributed by atoms with E-state index in [4.69, 9.17) is 21.4 Å². The lowest BCUT2D eigenvalue weighted by Crippen LogP contribution is -2.25. The maximum atomic E-state index is 11.0. The molecule has 4 nitrogen and oxygen atoms in total. The van der Waals surface area contributed by atoms with Crippen LogP contribution >= 0.6 is 11.6 Å². The Morgan fingerprint density at radius 2 is 2.32 bits per heavy atom. The van der Waals surface area contributed by atoms with E-state index in [9.17, 15) is 4.79 Å². The van der Waals surface area contributed by atoms with Gasteiger partial charge in [-0.1, -0.05) is 31.4 Å². The van der Waals surface area contributed by atoms with Crippen LogP contribution in [0.25, 0.3) is 0 Å². The van der Waals surface area contributed by atoms with Crippen LogP contribution in [0, 0.1) is 5.92 Å². The van der Waals surface area contributed by atoms with Gasteiger partial charge in [-0.25, -0.2) is 9.78 Å². The number of hydrogen-bond donors (Lipinski definition) is 1. The monoisotopic (exact) mass is 283 g/mol. The number of hydrogen-bond acceptors (Lipinski definition) is 3. The van der Waals surface area contributed by atoms with Gasteiger partial charge in [0.15, 0.2) is 0 Å². The molecule has 0 amide bonds. The van der Waals surface area contributed by atoms with Gasteiger partial charge in [-0.05, 0) is 31.2 Å². The standard InChI is InChI=1S/C14H18ClNO3/c1-2-9-4-3-5-11(6-9)19-13-8-10(14(17)18)7-12(15)16-13/h7-9,11H,2-6H2,1H3,(H,17,18). The van der Waals surface area contributed by atoms with Crippen LogP contribution in [0.5, 0.6) is 5.88 Å². The van der Waals surface area contributed by atoms with Gasteiger partial charge in [0.05, 0.1) is 5.56 Å². The highest BCUT2D eigenvalue weighted by molar-refractivity contribution is 6.29. The topological polar surface area (TPSA) is 59.4 Å². The Balaban J connectivity index is 2.08. The summed E-state index contributed by atoms with van der Waals surface area (Å²) < 4.78 is 5.80. The Morgan fingerprint density at radius 1 is 1.53 bits per heavy atom. The van der Waals surface area contributed by atoms with Crippen molar-refractivity contribution in [3.63, 3.8) is 0 Å². The number of ether oxygens (including phenoxy) is 1. The summed E-state index contributed by atoms with van der Waals surface area (Å²) in [7, 11) is 0. The van der Waals surface area contributed by atoms with E-state index < -0.39 is 5.97 Å². The van der Waals surface area contributed by atoms with Crippen LogP contribution in [0.2, 0.25) is 5.15 Å². The number of carboxylic acids is 1. The molecule has 0 aliphatic heterocycles. The van der Waals surface area contributed by atoms with Crippen molar-refractivity contribution in [2.75, 3.05) is 0 Å². The minimum atomic E-state index is -1.02. The Kier molecular flexibility index (Phi) is 4.64. The molecule has 2 atom stereocenters. The zero-order chi connectivity index (χ0) is 13.8. The third kappa shape index (κ3) is 3.83. The van der Waals surface area contributed by atoms with Crippen molar-refractivity contribution < 1.29 is 14.6 Å². The average Bonchev–Trinajstić information content (AvgIpc) is 2.38. The molecule has 0 bridgehead atoms. The molecule has 1 fully saturated rings. The highest BCUT2D eigenvalue weighted by Gasteiger charge is 2.23. The van der Waals surface area contributed by atoms with Gasteiger partial charge in [0.25, 0.3) is 0 Å². The summed E-state index contributed by atoms with van der Waals surface area (Å²) in [5, 5.41) is 9.13. The number of aromatic carboxylic acids is 1. The molecule has 5 heteroatoms. The molecule has 1 N–H and O–H groups in total. The van der Waals surface area contributed by atoms with E-state index in [1.807, 2.05) is 0 Å². The third-order valence-corrected chi connectivity index (χ3v) is 3.81. The predicted octanol–water partition coefficient (Wildman–Crippen LogP) is 3.78. The lowest BCUT2D eigenvalue weighted by molar-refractivity contribution is 0.0694. The lowest BCUT2D eigenvalue weighted by atomic mass is 9.85. The van der Waals surface area contributed by atoms with Crippen molar-refractivity contribution in [1.29, 1.82) is 0 Å². The summed E-state index contributed by atoms with van der Waals surface area (Å²) in [6, 6.07) is 2.76. The molecule has 0 aromatic carbocycles. The molecule has 0 radical (unpaired) electrons. The fourth-order valence-electron chi connectivity index (χ4n) is 2.55. The maximum absolute atomic E-state index is 11.0. The minimum absolute atomic E-state index is 0.109. The number of rotatable bonds is 4. The molecule has 1 aromatic heterocycles. The first-order valence-electron chi connectivity index (χ1n) is 6.66. The lowest BCUT2D eigenvalue weighted by Gasteiger charge is -2.28. The Bertz CT molecular complexity index is 464. The molecular weight excluding hydrogens is 266 g/mol. The van der Waals surface area contributed by atoms with Gasteiger partial charge in [-0.15, -0.1) is 0 Å². The summed E-state index contributed by atoms with van der Waals surface area (Å²) in [6.45, 7) is 2.19. The zero-order valence-corrected chi connectivity index (χ0v) is 11.7. The van der Waals surface area contributed by atoms with Gasteiger partial charge in [0.1, 0.15) is 11.3 Å². The number of carboxylic acid groups (broad SMARTS) is 1. The quantitative estimate of drug-likeness (QED) is 0.854. The summed E-state index contributed by atoms with van der Waals surface area (Å²) in [6.07, 6.45) is 5.67. The van der Waals surface area contributed by atoms with Gasteiger partial charge in [-0.2, -0.15) is 0 Å². The Morgan fingerprint density at radius 3 is 3.00 bits per heavy atom. The van der Waals surface area contributed by atoms with Crippen molar-refractivity contribution in [2.45, 2.75) is 45.1 Å². The minimum Gasteiger partial charge on any atom is -0.478 e. The van der Waals surface area contributed by atoms with E-state index in [0.717, 1.165) is 25.7 Å². The van der Waals surface area contributed by atoms with Gasteiger partial charge in [0, 0.05) is 6.07 Å². The third-order valence-electron chi connectivity index (χ3n) is 3.62. The predicted molar refractivity (Wildman–Crippen MR) is 72.9 cm³/mol. The molecule has 104 valence electrons. The van der Waals surface area contributed by atoms with E-state index in [1.165, 1.54) is 18.6 Å². The van der Waals surface area contributed by atoms with Crippen LogP contribution in [0.3, 0.4) is 0 Å². The number of aromatic nitrogens is 1. The van der Waals surface area contributed by atoms with E-state index in [0.29, 0.717) is 11.8 Å². The number of carbonyl (C=O) groups is 1. The molecule has 2 rings (SSSR count). The molecule has 1 heterocycles. The van der Waals surface area contributed by atoms with E-state index >= 15 is 0 Å². The molecule has 0 spiro atoms. The molecule has 1 aliphatic carbocycles. The average molecular weight is 284 g/mol. The summed E-state index contributed by atoms with van der Waals surface area (Å²) in [5.74, 6) is -0.0206. The van der Waals surface area contributed by atoms with Crippen LogP contribution < -0.4 is 4.74 Å². The number of halogens is 1. The normalized spacial score (nSPS) is 23.1. The second-order valence-electron chi connectivity index (χ2n) is 5.00. The molecule has 0 saturated heterocycles. The first kappa shape index (κ1) is 14.1. The smallest absolute Gasteiger partial charge is 0.335 e. The van der Waals surface area contributed by atoms with Crippen LogP contribution in [0.15, 0.2) is 12.1 Å². The first-order valence-corrected chi connectivity index (χ1v) is 7.03. The molecule has 2 unspecified atom stereocenters. The van der Waals surface area contributed by atoms with Gasteiger partial charge < -0.3 is 9.84 Å². The Labute approximate surface area is 117 Å². The van der Waals surface area contributed by atoms with Gasteiger partial charge >= 0.3 is 5.97 Å². The summed E-state index contributed by atoms with van der Waals surface area (Å²) >= 11 is 5.81. The van der Waals surface area contributed by atoms with Crippen molar-refractivity contribution in [1.82, 2.24) is 4.98 Å². The fraction of sp³-hybridized carbons (Fsp3) is 0.571. The summed E-state index contributed by atoms with van der Waals surface area (Å²) in [4.78, 5) is 15.0. The molecule has 1 saturated carbocycles. The molecule has 1 aliphatic rings. The van der Waals surface area contributed by atoms with Crippen LogP contribution in [-0.4, -0.2) is 22.2 Å². The van der Waals surface area contributed by atoms with Gasteiger partial charge in [0.2, 0.25) is 5.88 Å². The van der Waals surface area contributed by atoms with Gasteiger partial charge in [-0.3, -0.25) is 0 Å². The molecule has 1 aromatic rings. The highest BCUT2D eigenvalue weighted by Crippen LogP contribution is 2.29. The van der Waals surface area contributed by atoms with E-state index in [2.05, 4.69) is 11.9 Å². The second-order valence-corrected chi connectivity index (χ2v) is 5.39. The van der Waals surface area contributed by atoms with Crippen molar-refractivity contribution in [2.24, 2.45) is 5.92 Å². The fourth-order valence-corrected chi connectivity index (χ4v) is 2.75. The van der Waals surface area contributed by atoms with E-state index in [1.54, 1.807) is 0 Å². The molecule has 19 heavy (non-hydrogen) atoms. The van der Waals surface area contributed by atoms with Crippen LogP contribution in [0.4, 0.5) is 0 Å². The largest absolute Gasteiger partial charge is 0.478 e. The number of pyridine rings is 1. The van der Waals surface area contributed by atoms with Crippen molar-refractivity contribution in [3.8, 4) is 5.88 Å². The maximum Gasteiger partial charge on any atom is 0.335 e. The van der Waals surface area contributed by atoms with Crippen LogP contribution in [0.1, 0.15) is 49.4 Å².